The Kier molecular flexibility index (Phi) is 4.80. The van der Waals surface area contributed by atoms with Gasteiger partial charge in [-0.25, -0.2) is 0 Å². The normalized spacial score (nSPS) is 11.7. The molecule has 2 rings (SSSR count). The van der Waals surface area contributed by atoms with Crippen molar-refractivity contribution in [2.75, 3.05) is 0 Å². The molecule has 0 unspecified atom stereocenters. The summed E-state index contributed by atoms with van der Waals surface area (Å²) in [5, 5.41) is 0. The first kappa shape index (κ1) is 17.5. The maximum atomic E-state index is 11.6. The van der Waals surface area contributed by atoms with Crippen LogP contribution in [0.15, 0.2) is 47.4 Å². The predicted octanol–water partition coefficient (Wildman–Crippen LogP) is 4.14. The maximum Gasteiger partial charge on any atom is 0.295 e. The van der Waals surface area contributed by atoms with Crippen molar-refractivity contribution in [3.05, 3.63) is 53.6 Å². The van der Waals surface area contributed by atoms with Crippen LogP contribution in [0.1, 0.15) is 11.1 Å². The largest absolute Gasteiger partial charge is 0.295 e. The van der Waals surface area contributed by atoms with Crippen molar-refractivity contribution >= 4 is 18.2 Å². The monoisotopic (exact) mass is 344 g/mol. The lowest BCUT2D eigenvalue weighted by Gasteiger charge is -2.09. The zero-order valence-corrected chi connectivity index (χ0v) is 15.5. The lowest BCUT2D eigenvalue weighted by molar-refractivity contribution is 0.483. The van der Waals surface area contributed by atoms with Gasteiger partial charge in [-0.2, -0.15) is 8.42 Å². The summed E-state index contributed by atoms with van der Waals surface area (Å²) in [4.78, 5) is -0.0973. The number of rotatable bonds is 2. The minimum absolute atomic E-state index is 0.0973. The fraction of sp³-hybridized carbons (Fsp3) is 0.222. The van der Waals surface area contributed by atoms with Crippen LogP contribution in [0.5, 0.6) is 0 Å². The van der Waals surface area contributed by atoms with E-state index in [1.165, 1.54) is 6.07 Å². The van der Waals surface area contributed by atoms with Crippen LogP contribution in [0.25, 0.3) is 11.1 Å². The second-order valence-corrected chi connectivity index (χ2v) is 12.7. The van der Waals surface area contributed by atoms with Gasteiger partial charge in [0.15, 0.2) is 0 Å². The zero-order valence-electron chi connectivity index (χ0n) is 13.7. The van der Waals surface area contributed by atoms with E-state index >= 15 is 0 Å². The standard InChI is InChI=1S/C18H20O3SSi/c1-14-5-8-16(9-6-14)17-13-15(11-12-23(2,3)4)7-10-18(17)22(19,20)21/h5-10,13H,1-4H3,(H,19,20,21). The molecule has 0 aliphatic rings. The number of benzene rings is 2. The lowest BCUT2D eigenvalue weighted by atomic mass is 10.0. The lowest BCUT2D eigenvalue weighted by Crippen LogP contribution is -2.16. The molecule has 0 spiro atoms. The SMILES string of the molecule is Cc1ccc(-c2cc(C#C[Si](C)(C)C)ccc2S(=O)(=O)O)cc1. The van der Waals surface area contributed by atoms with Crippen molar-refractivity contribution < 1.29 is 13.0 Å². The van der Waals surface area contributed by atoms with Crippen molar-refractivity contribution in [3.8, 4) is 22.6 Å². The fourth-order valence-corrected chi connectivity index (χ4v) is 3.27. The highest BCUT2D eigenvalue weighted by atomic mass is 32.2. The number of hydrogen-bond donors (Lipinski definition) is 1. The molecule has 3 nitrogen and oxygen atoms in total. The van der Waals surface area contributed by atoms with Crippen molar-refractivity contribution in [1.82, 2.24) is 0 Å². The van der Waals surface area contributed by atoms with E-state index in [2.05, 4.69) is 31.1 Å². The third kappa shape index (κ3) is 4.80. The summed E-state index contributed by atoms with van der Waals surface area (Å²) >= 11 is 0. The van der Waals surface area contributed by atoms with Crippen molar-refractivity contribution in [2.45, 2.75) is 31.5 Å². The number of aryl methyl sites for hydroxylation is 1. The van der Waals surface area contributed by atoms with E-state index in [9.17, 15) is 13.0 Å². The van der Waals surface area contributed by atoms with Crippen LogP contribution in [0, 0.1) is 18.4 Å². The van der Waals surface area contributed by atoms with Gasteiger partial charge in [0.2, 0.25) is 0 Å². The molecule has 0 saturated carbocycles. The van der Waals surface area contributed by atoms with Gasteiger partial charge < -0.3 is 0 Å². The Morgan fingerprint density at radius 1 is 1.00 bits per heavy atom. The van der Waals surface area contributed by atoms with Gasteiger partial charge in [-0.15, -0.1) is 5.54 Å². The minimum atomic E-state index is -4.29. The molecular weight excluding hydrogens is 324 g/mol. The summed E-state index contributed by atoms with van der Waals surface area (Å²) in [6, 6.07) is 12.3. The van der Waals surface area contributed by atoms with Crippen molar-refractivity contribution in [2.24, 2.45) is 0 Å². The minimum Gasteiger partial charge on any atom is -0.282 e. The van der Waals surface area contributed by atoms with Crippen LogP contribution in [0.3, 0.4) is 0 Å². The Labute approximate surface area is 139 Å². The van der Waals surface area contributed by atoms with Crippen LogP contribution < -0.4 is 0 Å². The first-order valence-corrected chi connectivity index (χ1v) is 12.2. The van der Waals surface area contributed by atoms with Crippen LogP contribution in [0.2, 0.25) is 19.6 Å². The van der Waals surface area contributed by atoms with E-state index in [1.54, 1.807) is 12.1 Å². The molecule has 120 valence electrons. The summed E-state index contributed by atoms with van der Waals surface area (Å²) in [6.45, 7) is 8.40. The molecule has 0 aliphatic heterocycles. The molecule has 0 saturated heterocycles. The smallest absolute Gasteiger partial charge is 0.282 e. The van der Waals surface area contributed by atoms with Gasteiger partial charge in [-0.1, -0.05) is 55.4 Å². The number of hydrogen-bond acceptors (Lipinski definition) is 2. The molecule has 5 heteroatoms. The first-order chi connectivity index (χ1) is 10.6. The molecule has 0 bridgehead atoms. The Morgan fingerprint density at radius 3 is 2.13 bits per heavy atom. The molecule has 23 heavy (non-hydrogen) atoms. The maximum absolute atomic E-state index is 11.6. The fourth-order valence-electron chi connectivity index (χ4n) is 2.05. The van der Waals surface area contributed by atoms with Gasteiger partial charge in [0.1, 0.15) is 13.0 Å². The van der Waals surface area contributed by atoms with Gasteiger partial charge in [0, 0.05) is 11.1 Å². The Morgan fingerprint density at radius 2 is 1.61 bits per heavy atom. The molecule has 0 amide bonds. The van der Waals surface area contributed by atoms with E-state index in [1.807, 2.05) is 31.2 Å². The molecule has 0 heterocycles. The average molecular weight is 345 g/mol. The molecule has 0 fully saturated rings. The second-order valence-electron chi connectivity index (χ2n) is 6.55. The summed E-state index contributed by atoms with van der Waals surface area (Å²) in [5.41, 5.74) is 6.29. The third-order valence-corrected chi connectivity index (χ3v) is 4.99. The van der Waals surface area contributed by atoms with Gasteiger partial charge in [-0.3, -0.25) is 4.55 Å². The first-order valence-electron chi connectivity index (χ1n) is 7.28. The van der Waals surface area contributed by atoms with Gasteiger partial charge in [0.05, 0.1) is 0 Å². The van der Waals surface area contributed by atoms with Crippen LogP contribution in [0.4, 0.5) is 0 Å². The molecule has 2 aromatic rings. The molecule has 2 aromatic carbocycles. The van der Waals surface area contributed by atoms with E-state index in [-0.39, 0.29) is 4.90 Å². The summed E-state index contributed by atoms with van der Waals surface area (Å²) in [6.07, 6.45) is 0. The predicted molar refractivity (Wildman–Crippen MR) is 96.7 cm³/mol. The quantitative estimate of drug-likeness (QED) is 0.506. The van der Waals surface area contributed by atoms with Crippen molar-refractivity contribution in [3.63, 3.8) is 0 Å². The van der Waals surface area contributed by atoms with Gasteiger partial charge in [-0.05, 0) is 30.7 Å². The highest BCUT2D eigenvalue weighted by Gasteiger charge is 2.17. The Bertz CT molecular complexity index is 881. The summed E-state index contributed by atoms with van der Waals surface area (Å²) in [5.74, 6) is 3.12. The molecular formula is C18H20O3SSi. The Balaban J connectivity index is 2.64. The van der Waals surface area contributed by atoms with E-state index in [0.29, 0.717) is 5.56 Å². The highest BCUT2D eigenvalue weighted by Crippen LogP contribution is 2.28. The second kappa shape index (κ2) is 6.32. The van der Waals surface area contributed by atoms with Gasteiger partial charge in [0.25, 0.3) is 10.1 Å². The van der Waals surface area contributed by atoms with Crippen LogP contribution in [-0.4, -0.2) is 21.0 Å². The summed E-state index contributed by atoms with van der Waals surface area (Å²) < 4.78 is 32.8. The van der Waals surface area contributed by atoms with Crippen LogP contribution >= 0.6 is 0 Å². The van der Waals surface area contributed by atoms with Crippen LogP contribution in [-0.2, 0) is 10.1 Å². The summed E-state index contributed by atoms with van der Waals surface area (Å²) in [7, 11) is -5.81. The zero-order chi connectivity index (χ0) is 17.3. The van der Waals surface area contributed by atoms with Gasteiger partial charge >= 0.3 is 0 Å². The van der Waals surface area contributed by atoms with E-state index in [0.717, 1.165) is 16.7 Å². The topological polar surface area (TPSA) is 54.4 Å². The van der Waals surface area contributed by atoms with Crippen molar-refractivity contribution in [1.29, 1.82) is 0 Å². The molecule has 0 atom stereocenters. The molecule has 0 radical (unpaired) electrons. The highest BCUT2D eigenvalue weighted by molar-refractivity contribution is 7.86. The molecule has 1 N–H and O–H groups in total. The Hall–Kier alpha value is -1.87. The average Bonchev–Trinajstić information content (AvgIpc) is 2.44. The van der Waals surface area contributed by atoms with E-state index in [4.69, 9.17) is 0 Å². The van der Waals surface area contributed by atoms with E-state index < -0.39 is 18.2 Å². The third-order valence-electron chi connectivity index (χ3n) is 3.20. The molecule has 0 aromatic heterocycles. The molecule has 0 aliphatic carbocycles.